The van der Waals surface area contributed by atoms with Crippen LogP contribution in [0.3, 0.4) is 0 Å². The van der Waals surface area contributed by atoms with E-state index < -0.39 is 5.97 Å². The van der Waals surface area contributed by atoms with Crippen molar-refractivity contribution in [2.75, 3.05) is 0 Å². The maximum atomic E-state index is 10.5. The number of carbonyl (C=O) groups is 1. The van der Waals surface area contributed by atoms with Gasteiger partial charge in [0.1, 0.15) is 0 Å². The van der Waals surface area contributed by atoms with E-state index in [4.69, 9.17) is 5.11 Å². The summed E-state index contributed by atoms with van der Waals surface area (Å²) < 4.78 is 1.61. The Morgan fingerprint density at radius 1 is 1.19 bits per heavy atom. The van der Waals surface area contributed by atoms with Crippen molar-refractivity contribution in [1.29, 1.82) is 0 Å². The van der Waals surface area contributed by atoms with Gasteiger partial charge in [-0.2, -0.15) is 0 Å². The number of aromatic nitrogens is 4. The maximum Gasteiger partial charge on any atom is 0.303 e. The number of hydrogen-bond donors (Lipinski definition) is 1. The molecule has 0 aliphatic heterocycles. The molecule has 106 valence electrons. The molecule has 0 unspecified atom stereocenters. The van der Waals surface area contributed by atoms with Crippen LogP contribution in [0, 0.1) is 0 Å². The van der Waals surface area contributed by atoms with Gasteiger partial charge in [-0.1, -0.05) is 23.4 Å². The Morgan fingerprint density at radius 3 is 2.90 bits per heavy atom. The highest BCUT2D eigenvalue weighted by molar-refractivity contribution is 5.79. The van der Waals surface area contributed by atoms with Gasteiger partial charge in [-0.25, -0.2) is 9.67 Å². The van der Waals surface area contributed by atoms with Crippen molar-refractivity contribution in [3.63, 3.8) is 0 Å². The lowest BCUT2D eigenvalue weighted by molar-refractivity contribution is -0.137. The number of carboxylic acid groups (broad SMARTS) is 1. The van der Waals surface area contributed by atoms with E-state index in [2.05, 4.69) is 15.3 Å². The highest BCUT2D eigenvalue weighted by Crippen LogP contribution is 2.14. The minimum atomic E-state index is -0.793. The second-order valence-corrected chi connectivity index (χ2v) is 4.76. The molecule has 2 aromatic heterocycles. The summed E-state index contributed by atoms with van der Waals surface area (Å²) in [7, 11) is 0. The van der Waals surface area contributed by atoms with Crippen LogP contribution in [0.4, 0.5) is 0 Å². The van der Waals surface area contributed by atoms with Gasteiger partial charge in [-0.15, -0.1) is 5.10 Å². The fraction of sp³-hybridized carbons (Fsp3) is 0.200. The van der Waals surface area contributed by atoms with Crippen molar-refractivity contribution in [3.05, 3.63) is 48.3 Å². The Balaban J connectivity index is 1.79. The van der Waals surface area contributed by atoms with Gasteiger partial charge in [0.15, 0.2) is 5.82 Å². The molecule has 0 aliphatic rings. The zero-order valence-corrected chi connectivity index (χ0v) is 11.3. The quantitative estimate of drug-likeness (QED) is 0.776. The summed E-state index contributed by atoms with van der Waals surface area (Å²) in [5.74, 6) is -0.0933. The van der Waals surface area contributed by atoms with E-state index >= 15 is 0 Å². The van der Waals surface area contributed by atoms with Gasteiger partial charge in [-0.3, -0.25) is 4.79 Å². The molecule has 6 nitrogen and oxygen atoms in total. The second-order valence-electron chi connectivity index (χ2n) is 4.76. The van der Waals surface area contributed by atoms with Crippen LogP contribution in [-0.4, -0.2) is 31.1 Å². The summed E-state index contributed by atoms with van der Waals surface area (Å²) in [6.07, 6.45) is 3.08. The average molecular weight is 282 g/mol. The number of aliphatic carboxylic acids is 1. The van der Waals surface area contributed by atoms with Gasteiger partial charge in [0.05, 0.1) is 17.4 Å². The summed E-state index contributed by atoms with van der Waals surface area (Å²) in [5, 5.41) is 17.8. The number of aryl methyl sites for hydroxylation is 1. The predicted molar refractivity (Wildman–Crippen MR) is 77.2 cm³/mol. The first-order chi connectivity index (χ1) is 10.2. The van der Waals surface area contributed by atoms with Crippen LogP contribution in [0.2, 0.25) is 0 Å². The van der Waals surface area contributed by atoms with E-state index in [1.54, 1.807) is 10.9 Å². The highest BCUT2D eigenvalue weighted by Gasteiger charge is 2.06. The molecule has 0 amide bonds. The normalized spacial score (nSPS) is 10.9. The molecule has 0 saturated heterocycles. The molecule has 0 bridgehead atoms. The first-order valence-corrected chi connectivity index (χ1v) is 6.71. The molecule has 0 fully saturated rings. The fourth-order valence-corrected chi connectivity index (χ4v) is 2.13. The minimum Gasteiger partial charge on any atom is -0.481 e. The van der Waals surface area contributed by atoms with E-state index in [0.29, 0.717) is 18.7 Å². The van der Waals surface area contributed by atoms with E-state index in [0.717, 1.165) is 16.6 Å². The lowest BCUT2D eigenvalue weighted by Gasteiger charge is -2.01. The van der Waals surface area contributed by atoms with Crippen LogP contribution in [-0.2, 0) is 11.2 Å². The predicted octanol–water partition coefficient (Wildman–Crippen LogP) is 2.22. The molecular weight excluding hydrogens is 268 g/mol. The van der Waals surface area contributed by atoms with Crippen molar-refractivity contribution < 1.29 is 9.90 Å². The molecule has 0 aliphatic carbocycles. The molecule has 0 spiro atoms. The van der Waals surface area contributed by atoms with Crippen molar-refractivity contribution in [1.82, 2.24) is 20.0 Å². The van der Waals surface area contributed by atoms with E-state index in [-0.39, 0.29) is 6.42 Å². The first-order valence-electron chi connectivity index (χ1n) is 6.71. The summed E-state index contributed by atoms with van der Waals surface area (Å²) in [5.41, 5.74) is 1.67. The molecule has 1 N–H and O–H groups in total. The summed E-state index contributed by atoms with van der Waals surface area (Å²) in [6.45, 7) is 0. The third-order valence-electron chi connectivity index (χ3n) is 3.18. The minimum absolute atomic E-state index is 0.140. The van der Waals surface area contributed by atoms with Crippen LogP contribution in [0.15, 0.2) is 42.6 Å². The number of hydrogen-bond acceptors (Lipinski definition) is 4. The third-order valence-corrected chi connectivity index (χ3v) is 3.18. The Hall–Kier alpha value is -2.76. The number of rotatable bonds is 5. The standard InChI is InChI=1S/C15H14N4O2/c20-15(21)7-3-5-12-10-19(18-17-12)14-9-8-11-4-1-2-6-13(11)16-14/h1-2,4,6,8-10H,3,5,7H2,(H,20,21). The fourth-order valence-electron chi connectivity index (χ4n) is 2.13. The largest absolute Gasteiger partial charge is 0.481 e. The Kier molecular flexibility index (Phi) is 3.59. The Labute approximate surface area is 121 Å². The number of para-hydroxylation sites is 1. The molecule has 1 aromatic carbocycles. The van der Waals surface area contributed by atoms with Gasteiger partial charge < -0.3 is 5.11 Å². The average Bonchev–Trinajstić information content (AvgIpc) is 2.95. The molecule has 3 aromatic rings. The van der Waals surface area contributed by atoms with Crippen LogP contribution in [0.5, 0.6) is 0 Å². The number of fused-ring (bicyclic) bond motifs is 1. The molecular formula is C15H14N4O2. The third kappa shape index (κ3) is 3.05. The smallest absolute Gasteiger partial charge is 0.303 e. The van der Waals surface area contributed by atoms with Crippen LogP contribution < -0.4 is 0 Å². The van der Waals surface area contributed by atoms with Crippen LogP contribution in [0.25, 0.3) is 16.7 Å². The lowest BCUT2D eigenvalue weighted by Crippen LogP contribution is -1.98. The zero-order valence-electron chi connectivity index (χ0n) is 11.3. The SMILES string of the molecule is O=C(O)CCCc1cn(-c2ccc3ccccc3n2)nn1. The number of benzene rings is 1. The van der Waals surface area contributed by atoms with Gasteiger partial charge in [0.25, 0.3) is 0 Å². The maximum absolute atomic E-state index is 10.5. The number of nitrogens with zero attached hydrogens (tertiary/aromatic N) is 4. The van der Waals surface area contributed by atoms with Crippen molar-refractivity contribution in [2.45, 2.75) is 19.3 Å². The molecule has 2 heterocycles. The molecule has 6 heteroatoms. The van der Waals surface area contributed by atoms with Crippen molar-refractivity contribution in [3.8, 4) is 5.82 Å². The monoisotopic (exact) mass is 282 g/mol. The van der Waals surface area contributed by atoms with Crippen LogP contribution in [0.1, 0.15) is 18.5 Å². The Morgan fingerprint density at radius 2 is 2.05 bits per heavy atom. The van der Waals surface area contributed by atoms with Gasteiger partial charge in [0.2, 0.25) is 0 Å². The van der Waals surface area contributed by atoms with Crippen LogP contribution >= 0.6 is 0 Å². The topological polar surface area (TPSA) is 80.9 Å². The van der Waals surface area contributed by atoms with E-state index in [9.17, 15) is 4.79 Å². The molecule has 0 saturated carbocycles. The van der Waals surface area contributed by atoms with E-state index in [1.165, 1.54) is 0 Å². The van der Waals surface area contributed by atoms with Gasteiger partial charge >= 0.3 is 5.97 Å². The summed E-state index contributed by atoms with van der Waals surface area (Å²) in [6, 6.07) is 11.7. The van der Waals surface area contributed by atoms with Gasteiger partial charge in [-0.05, 0) is 31.0 Å². The number of carboxylic acids is 1. The first kappa shape index (κ1) is 13.2. The summed E-state index contributed by atoms with van der Waals surface area (Å²) in [4.78, 5) is 15.0. The van der Waals surface area contributed by atoms with Gasteiger partial charge in [0, 0.05) is 11.8 Å². The highest BCUT2D eigenvalue weighted by atomic mass is 16.4. The summed E-state index contributed by atoms with van der Waals surface area (Å²) >= 11 is 0. The number of pyridine rings is 1. The second kappa shape index (κ2) is 5.70. The molecule has 0 radical (unpaired) electrons. The van der Waals surface area contributed by atoms with E-state index in [1.807, 2.05) is 36.4 Å². The molecule has 3 rings (SSSR count). The molecule has 0 atom stereocenters. The lowest BCUT2D eigenvalue weighted by atomic mass is 10.2. The molecule has 21 heavy (non-hydrogen) atoms. The van der Waals surface area contributed by atoms with Crippen molar-refractivity contribution in [2.24, 2.45) is 0 Å². The van der Waals surface area contributed by atoms with Crippen molar-refractivity contribution >= 4 is 16.9 Å². The Bertz CT molecular complexity index is 782. The zero-order chi connectivity index (χ0) is 14.7.